The van der Waals surface area contributed by atoms with Crippen molar-refractivity contribution in [3.63, 3.8) is 0 Å². The Morgan fingerprint density at radius 3 is 2.93 bits per heavy atom. The van der Waals surface area contributed by atoms with Gasteiger partial charge >= 0.3 is 0 Å². The fraction of sp³-hybridized carbons (Fsp3) is 0.571. The Hall–Kier alpha value is -0.820. The van der Waals surface area contributed by atoms with Crippen LogP contribution >= 0.6 is 0 Å². The van der Waals surface area contributed by atoms with E-state index in [9.17, 15) is 0 Å². The highest BCUT2D eigenvalue weighted by Crippen LogP contribution is 2.35. The van der Waals surface area contributed by atoms with Crippen LogP contribution in [0.5, 0.6) is 0 Å². The highest BCUT2D eigenvalue weighted by molar-refractivity contribution is 5.32. The van der Waals surface area contributed by atoms with E-state index in [4.69, 9.17) is 0 Å². The van der Waals surface area contributed by atoms with E-state index in [1.165, 1.54) is 32.4 Å². The smallest absolute Gasteiger partial charge is 0.00728 e. The zero-order chi connectivity index (χ0) is 10.3. The molecular formula is C14H19N. The monoisotopic (exact) mass is 201 g/mol. The predicted octanol–water partition coefficient (Wildman–Crippen LogP) is 2.81. The minimum absolute atomic E-state index is 0.789. The quantitative estimate of drug-likeness (QED) is 0.624. The summed E-state index contributed by atoms with van der Waals surface area (Å²) in [5.41, 5.74) is 3.24. The summed E-state index contributed by atoms with van der Waals surface area (Å²) >= 11 is 0. The molecule has 0 amide bonds. The van der Waals surface area contributed by atoms with Crippen LogP contribution in [0.1, 0.15) is 36.8 Å². The number of nitrogens with zero attached hydrogens (tertiary/aromatic N) is 1. The Morgan fingerprint density at radius 2 is 2.07 bits per heavy atom. The van der Waals surface area contributed by atoms with Gasteiger partial charge in [0.15, 0.2) is 0 Å². The number of rotatable bonds is 0. The summed E-state index contributed by atoms with van der Waals surface area (Å²) in [6.45, 7) is 4.95. The van der Waals surface area contributed by atoms with Crippen molar-refractivity contribution in [3.05, 3.63) is 35.4 Å². The standard InChI is InChI=1S/C14H19N/c1-11-10-13-7-9-15(11)8-6-12-4-2-3-5-14(12)13/h2-5,11,13H,6-10H2,1H3/t11-,13?/m0/s1. The van der Waals surface area contributed by atoms with Crippen LogP contribution in [0, 0.1) is 0 Å². The first kappa shape index (κ1) is 9.41. The summed E-state index contributed by atoms with van der Waals surface area (Å²) in [6.07, 6.45) is 3.97. The minimum atomic E-state index is 0.789. The number of hydrogen-bond acceptors (Lipinski definition) is 1. The van der Waals surface area contributed by atoms with Crippen LogP contribution in [0.4, 0.5) is 0 Å². The van der Waals surface area contributed by atoms with Gasteiger partial charge in [0.2, 0.25) is 0 Å². The van der Waals surface area contributed by atoms with Crippen LogP contribution in [0.25, 0.3) is 0 Å². The van der Waals surface area contributed by atoms with E-state index >= 15 is 0 Å². The van der Waals surface area contributed by atoms with Gasteiger partial charge in [-0.05, 0) is 49.8 Å². The molecule has 1 fully saturated rings. The van der Waals surface area contributed by atoms with Crippen LogP contribution in [0.3, 0.4) is 0 Å². The molecule has 2 bridgehead atoms. The maximum absolute atomic E-state index is 2.66. The first-order chi connectivity index (χ1) is 7.34. The van der Waals surface area contributed by atoms with E-state index in [2.05, 4.69) is 36.1 Å². The lowest BCUT2D eigenvalue weighted by Gasteiger charge is -2.41. The molecule has 3 heterocycles. The van der Waals surface area contributed by atoms with Crippen LogP contribution in [0.2, 0.25) is 0 Å². The molecule has 1 nitrogen and oxygen atoms in total. The first-order valence-corrected chi connectivity index (χ1v) is 6.16. The van der Waals surface area contributed by atoms with E-state index in [-0.39, 0.29) is 0 Å². The second-order valence-corrected chi connectivity index (χ2v) is 5.06. The lowest BCUT2D eigenvalue weighted by molar-refractivity contribution is 0.141. The second-order valence-electron chi connectivity index (χ2n) is 5.06. The second kappa shape index (κ2) is 3.64. The van der Waals surface area contributed by atoms with Gasteiger partial charge in [-0.1, -0.05) is 24.3 Å². The summed E-state index contributed by atoms with van der Waals surface area (Å²) in [5.74, 6) is 0.827. The Kier molecular flexibility index (Phi) is 2.28. The van der Waals surface area contributed by atoms with E-state index < -0.39 is 0 Å². The lowest BCUT2D eigenvalue weighted by Crippen LogP contribution is -2.43. The molecule has 0 spiro atoms. The number of piperidine rings is 1. The normalized spacial score (nSPS) is 34.3. The number of hydrogen-bond donors (Lipinski definition) is 0. The van der Waals surface area contributed by atoms with Gasteiger partial charge in [0.05, 0.1) is 0 Å². The zero-order valence-corrected chi connectivity index (χ0v) is 9.45. The molecule has 0 aromatic heterocycles. The van der Waals surface area contributed by atoms with Gasteiger partial charge in [-0.15, -0.1) is 0 Å². The molecule has 4 rings (SSSR count). The van der Waals surface area contributed by atoms with Gasteiger partial charge < -0.3 is 4.90 Å². The summed E-state index contributed by atoms with van der Waals surface area (Å²) in [7, 11) is 0. The Bertz CT molecular complexity index is 358. The molecule has 0 radical (unpaired) electrons. The fourth-order valence-electron chi connectivity index (χ4n) is 3.26. The fourth-order valence-corrected chi connectivity index (χ4v) is 3.26. The van der Waals surface area contributed by atoms with Crippen molar-refractivity contribution in [3.8, 4) is 0 Å². The van der Waals surface area contributed by atoms with E-state index in [0.717, 1.165) is 12.0 Å². The van der Waals surface area contributed by atoms with Gasteiger partial charge in [0.25, 0.3) is 0 Å². The zero-order valence-electron chi connectivity index (χ0n) is 9.45. The highest BCUT2D eigenvalue weighted by Gasteiger charge is 2.29. The summed E-state index contributed by atoms with van der Waals surface area (Å²) < 4.78 is 0. The van der Waals surface area contributed by atoms with E-state index in [0.29, 0.717) is 0 Å². The van der Waals surface area contributed by atoms with Crippen LogP contribution in [-0.2, 0) is 6.42 Å². The van der Waals surface area contributed by atoms with Crippen LogP contribution in [0.15, 0.2) is 24.3 Å². The van der Waals surface area contributed by atoms with Gasteiger partial charge in [-0.3, -0.25) is 0 Å². The Balaban J connectivity index is 2.01. The van der Waals surface area contributed by atoms with Crippen molar-refractivity contribution in [1.82, 2.24) is 4.90 Å². The molecule has 0 N–H and O–H groups in total. The SMILES string of the molecule is C[C@H]1CC2CCN1CCc1ccccc12. The van der Waals surface area contributed by atoms with E-state index in [1.807, 2.05) is 0 Å². The first-order valence-electron chi connectivity index (χ1n) is 6.16. The third-order valence-electron chi connectivity index (χ3n) is 4.18. The molecule has 1 aromatic rings. The molecule has 2 unspecified atom stereocenters. The van der Waals surface area contributed by atoms with Gasteiger partial charge in [-0.25, -0.2) is 0 Å². The molecule has 0 aliphatic carbocycles. The third-order valence-corrected chi connectivity index (χ3v) is 4.18. The Labute approximate surface area is 92.1 Å². The minimum Gasteiger partial charge on any atom is -0.300 e. The molecule has 1 saturated heterocycles. The topological polar surface area (TPSA) is 3.24 Å². The van der Waals surface area contributed by atoms with Gasteiger partial charge in [0.1, 0.15) is 0 Å². The molecule has 80 valence electrons. The maximum atomic E-state index is 2.66. The largest absolute Gasteiger partial charge is 0.300 e. The van der Waals surface area contributed by atoms with Crippen molar-refractivity contribution >= 4 is 0 Å². The highest BCUT2D eigenvalue weighted by atomic mass is 15.2. The lowest BCUT2D eigenvalue weighted by atomic mass is 9.81. The van der Waals surface area contributed by atoms with Crippen molar-refractivity contribution in [1.29, 1.82) is 0 Å². The average Bonchev–Trinajstić information content (AvgIpc) is 2.24. The average molecular weight is 201 g/mol. The van der Waals surface area contributed by atoms with Crippen LogP contribution < -0.4 is 0 Å². The number of fused-ring (bicyclic) bond motifs is 3. The van der Waals surface area contributed by atoms with Gasteiger partial charge in [0, 0.05) is 12.6 Å². The van der Waals surface area contributed by atoms with Crippen molar-refractivity contribution in [2.75, 3.05) is 13.1 Å². The summed E-state index contributed by atoms with van der Waals surface area (Å²) in [6, 6.07) is 9.86. The molecule has 3 aliphatic rings. The summed E-state index contributed by atoms with van der Waals surface area (Å²) in [4.78, 5) is 2.66. The molecular weight excluding hydrogens is 182 g/mol. The van der Waals surface area contributed by atoms with Crippen molar-refractivity contribution in [2.45, 2.75) is 38.1 Å². The summed E-state index contributed by atoms with van der Waals surface area (Å²) in [5, 5.41) is 0. The molecule has 3 atom stereocenters. The predicted molar refractivity (Wildman–Crippen MR) is 63.2 cm³/mol. The maximum Gasteiger partial charge on any atom is 0.00728 e. The van der Waals surface area contributed by atoms with E-state index in [1.54, 1.807) is 11.1 Å². The Morgan fingerprint density at radius 1 is 1.20 bits per heavy atom. The molecule has 1 aromatic carbocycles. The molecule has 3 aliphatic heterocycles. The van der Waals surface area contributed by atoms with Crippen LogP contribution in [-0.4, -0.2) is 24.0 Å². The number of benzene rings is 1. The van der Waals surface area contributed by atoms with Gasteiger partial charge in [-0.2, -0.15) is 0 Å². The molecule has 15 heavy (non-hydrogen) atoms. The molecule has 1 heteroatoms. The third kappa shape index (κ3) is 1.59. The van der Waals surface area contributed by atoms with Crippen molar-refractivity contribution in [2.24, 2.45) is 0 Å². The van der Waals surface area contributed by atoms with Crippen molar-refractivity contribution < 1.29 is 0 Å². The molecule has 0 saturated carbocycles.